The molecule has 74 valence electrons. The third-order valence-corrected chi connectivity index (χ3v) is 2.50. The predicted molar refractivity (Wildman–Crippen MR) is 52.8 cm³/mol. The Morgan fingerprint density at radius 2 is 2.14 bits per heavy atom. The minimum Gasteiger partial charge on any atom is -0.363 e. The van der Waals surface area contributed by atoms with Gasteiger partial charge in [0.05, 0.1) is 6.61 Å². The molecule has 1 amide bonds. The number of hydrogen-bond acceptors (Lipinski definition) is 2. The molecular weight excluding hydrogens is 178 g/mol. The van der Waals surface area contributed by atoms with Gasteiger partial charge in [-0.25, -0.2) is 0 Å². The first-order valence-electron chi connectivity index (χ1n) is 4.71. The minimum absolute atomic E-state index is 0.0421. The van der Waals surface area contributed by atoms with Crippen LogP contribution >= 0.6 is 0 Å². The van der Waals surface area contributed by atoms with Crippen molar-refractivity contribution in [3.63, 3.8) is 0 Å². The number of nitrogens with one attached hydrogen (secondary N) is 1. The summed E-state index contributed by atoms with van der Waals surface area (Å²) >= 11 is 0. The lowest BCUT2D eigenvalue weighted by atomic mass is 9.99. The Hall–Kier alpha value is -1.35. The molecule has 1 atom stereocenters. The van der Waals surface area contributed by atoms with Crippen LogP contribution in [0.4, 0.5) is 0 Å². The molecule has 0 aliphatic carbocycles. The SMILES string of the molecule is CNC(=O)[C@@H]1Cc2ccccc2CO1. The van der Waals surface area contributed by atoms with Crippen molar-refractivity contribution < 1.29 is 9.53 Å². The molecule has 3 heteroatoms. The number of carbonyl (C=O) groups excluding carboxylic acids is 1. The topological polar surface area (TPSA) is 38.3 Å². The summed E-state index contributed by atoms with van der Waals surface area (Å²) in [6.07, 6.45) is 0.352. The third-order valence-electron chi connectivity index (χ3n) is 2.50. The van der Waals surface area contributed by atoms with Gasteiger partial charge in [0.2, 0.25) is 5.91 Å². The summed E-state index contributed by atoms with van der Waals surface area (Å²) in [6, 6.07) is 8.07. The number of amides is 1. The second kappa shape index (κ2) is 3.80. The normalized spacial score (nSPS) is 19.9. The summed E-state index contributed by atoms with van der Waals surface area (Å²) in [7, 11) is 1.63. The lowest BCUT2D eigenvalue weighted by molar-refractivity contribution is -0.133. The van der Waals surface area contributed by atoms with Crippen LogP contribution in [0.3, 0.4) is 0 Å². The van der Waals surface area contributed by atoms with Crippen molar-refractivity contribution in [3.05, 3.63) is 35.4 Å². The van der Waals surface area contributed by atoms with Crippen molar-refractivity contribution in [2.24, 2.45) is 0 Å². The van der Waals surface area contributed by atoms with Gasteiger partial charge in [-0.3, -0.25) is 4.79 Å². The summed E-state index contributed by atoms with van der Waals surface area (Å²) in [5.74, 6) is -0.0421. The van der Waals surface area contributed by atoms with Crippen molar-refractivity contribution in [1.29, 1.82) is 0 Å². The van der Waals surface area contributed by atoms with Crippen molar-refractivity contribution in [3.8, 4) is 0 Å². The Morgan fingerprint density at radius 1 is 1.43 bits per heavy atom. The molecule has 0 aromatic heterocycles. The Kier molecular flexibility index (Phi) is 2.50. The molecule has 1 aliphatic heterocycles. The molecule has 0 radical (unpaired) electrons. The fraction of sp³-hybridized carbons (Fsp3) is 0.364. The van der Waals surface area contributed by atoms with E-state index < -0.39 is 0 Å². The second-order valence-electron chi connectivity index (χ2n) is 3.39. The first kappa shape index (κ1) is 9.21. The van der Waals surface area contributed by atoms with Crippen LogP contribution in [0.25, 0.3) is 0 Å². The predicted octanol–water partition coefficient (Wildman–Crippen LogP) is 0.874. The Morgan fingerprint density at radius 3 is 2.86 bits per heavy atom. The molecule has 2 rings (SSSR count). The van der Waals surface area contributed by atoms with Gasteiger partial charge in [0.1, 0.15) is 6.10 Å². The van der Waals surface area contributed by atoms with E-state index in [0.717, 1.165) is 0 Å². The minimum atomic E-state index is -0.324. The fourth-order valence-electron chi connectivity index (χ4n) is 1.68. The molecular formula is C11H13NO2. The van der Waals surface area contributed by atoms with E-state index in [2.05, 4.69) is 5.32 Å². The van der Waals surface area contributed by atoms with E-state index in [9.17, 15) is 4.79 Å². The van der Waals surface area contributed by atoms with Gasteiger partial charge in [0, 0.05) is 13.5 Å². The number of benzene rings is 1. The highest BCUT2D eigenvalue weighted by Crippen LogP contribution is 2.19. The molecule has 1 heterocycles. The van der Waals surface area contributed by atoms with Crippen LogP contribution in [0.1, 0.15) is 11.1 Å². The second-order valence-corrected chi connectivity index (χ2v) is 3.39. The van der Waals surface area contributed by atoms with Crippen LogP contribution in [0.15, 0.2) is 24.3 Å². The monoisotopic (exact) mass is 191 g/mol. The highest BCUT2D eigenvalue weighted by atomic mass is 16.5. The van der Waals surface area contributed by atoms with Crippen LogP contribution in [-0.2, 0) is 22.6 Å². The molecule has 1 N–H and O–H groups in total. The number of fused-ring (bicyclic) bond motifs is 1. The zero-order valence-corrected chi connectivity index (χ0v) is 8.12. The Bertz CT molecular complexity index is 349. The Balaban J connectivity index is 2.17. The van der Waals surface area contributed by atoms with Crippen molar-refractivity contribution in [2.75, 3.05) is 7.05 Å². The maximum atomic E-state index is 11.3. The van der Waals surface area contributed by atoms with E-state index in [0.29, 0.717) is 13.0 Å². The average molecular weight is 191 g/mol. The van der Waals surface area contributed by atoms with Crippen LogP contribution in [0.2, 0.25) is 0 Å². The summed E-state index contributed by atoms with van der Waals surface area (Å²) in [5, 5.41) is 2.60. The number of ether oxygens (including phenoxy) is 1. The lowest BCUT2D eigenvalue weighted by Crippen LogP contribution is -2.37. The van der Waals surface area contributed by atoms with E-state index in [-0.39, 0.29) is 12.0 Å². The zero-order valence-electron chi connectivity index (χ0n) is 8.12. The zero-order chi connectivity index (χ0) is 9.97. The molecule has 0 fully saturated rings. The maximum Gasteiger partial charge on any atom is 0.249 e. The van der Waals surface area contributed by atoms with Gasteiger partial charge in [-0.2, -0.15) is 0 Å². The van der Waals surface area contributed by atoms with Crippen molar-refractivity contribution in [2.45, 2.75) is 19.1 Å². The van der Waals surface area contributed by atoms with Crippen molar-refractivity contribution in [1.82, 2.24) is 5.32 Å². The summed E-state index contributed by atoms with van der Waals surface area (Å²) in [4.78, 5) is 11.3. The van der Waals surface area contributed by atoms with Crippen LogP contribution in [-0.4, -0.2) is 19.1 Å². The van der Waals surface area contributed by atoms with Crippen LogP contribution in [0, 0.1) is 0 Å². The molecule has 0 saturated carbocycles. The van der Waals surface area contributed by atoms with Gasteiger partial charge in [-0.05, 0) is 11.1 Å². The quantitative estimate of drug-likeness (QED) is 0.715. The first-order valence-corrected chi connectivity index (χ1v) is 4.71. The van der Waals surface area contributed by atoms with Gasteiger partial charge in [-0.1, -0.05) is 24.3 Å². The van der Waals surface area contributed by atoms with Gasteiger partial charge in [0.15, 0.2) is 0 Å². The first-order chi connectivity index (χ1) is 6.81. The van der Waals surface area contributed by atoms with Gasteiger partial charge >= 0.3 is 0 Å². The highest BCUT2D eigenvalue weighted by Gasteiger charge is 2.23. The molecule has 0 bridgehead atoms. The lowest BCUT2D eigenvalue weighted by Gasteiger charge is -2.23. The highest BCUT2D eigenvalue weighted by molar-refractivity contribution is 5.81. The van der Waals surface area contributed by atoms with E-state index in [1.54, 1.807) is 7.05 Å². The number of rotatable bonds is 1. The van der Waals surface area contributed by atoms with Gasteiger partial charge < -0.3 is 10.1 Å². The molecule has 1 aromatic carbocycles. The standard InChI is InChI=1S/C11H13NO2/c1-12-11(13)10-6-8-4-2-3-5-9(8)7-14-10/h2-5,10H,6-7H2,1H3,(H,12,13)/t10-/m0/s1. The molecule has 1 aliphatic rings. The number of hydrogen-bond donors (Lipinski definition) is 1. The van der Waals surface area contributed by atoms with E-state index in [4.69, 9.17) is 4.74 Å². The van der Waals surface area contributed by atoms with E-state index >= 15 is 0 Å². The smallest absolute Gasteiger partial charge is 0.249 e. The fourth-order valence-corrected chi connectivity index (χ4v) is 1.68. The molecule has 1 aromatic rings. The largest absolute Gasteiger partial charge is 0.363 e. The maximum absolute atomic E-state index is 11.3. The number of carbonyl (C=O) groups is 1. The van der Waals surface area contributed by atoms with E-state index in [1.165, 1.54) is 11.1 Å². The van der Waals surface area contributed by atoms with E-state index in [1.807, 2.05) is 24.3 Å². The molecule has 14 heavy (non-hydrogen) atoms. The Labute approximate surface area is 83.1 Å². The molecule has 0 saturated heterocycles. The molecule has 3 nitrogen and oxygen atoms in total. The summed E-state index contributed by atoms with van der Waals surface area (Å²) in [6.45, 7) is 0.536. The summed E-state index contributed by atoms with van der Waals surface area (Å²) < 4.78 is 5.45. The molecule has 0 unspecified atom stereocenters. The third kappa shape index (κ3) is 1.63. The van der Waals surface area contributed by atoms with Gasteiger partial charge in [-0.15, -0.1) is 0 Å². The average Bonchev–Trinajstić information content (AvgIpc) is 2.27. The number of likely N-dealkylation sites (N-methyl/N-ethyl adjacent to an activating group) is 1. The molecule has 0 spiro atoms. The van der Waals surface area contributed by atoms with Crippen molar-refractivity contribution >= 4 is 5.91 Å². The van der Waals surface area contributed by atoms with Gasteiger partial charge in [0.25, 0.3) is 0 Å². The summed E-state index contributed by atoms with van der Waals surface area (Å²) in [5.41, 5.74) is 2.40. The van der Waals surface area contributed by atoms with Crippen LogP contribution in [0.5, 0.6) is 0 Å². The van der Waals surface area contributed by atoms with Crippen LogP contribution < -0.4 is 5.32 Å².